The lowest BCUT2D eigenvalue weighted by atomic mass is 10.2. The summed E-state index contributed by atoms with van der Waals surface area (Å²) in [6.07, 6.45) is 0. The molecule has 4 aromatic rings. The number of aromatic nitrogens is 4. The molecule has 0 N–H and O–H groups in total. The summed E-state index contributed by atoms with van der Waals surface area (Å²) in [7, 11) is 1.62. The third kappa shape index (κ3) is 2.41. The first-order valence-corrected chi connectivity index (χ1v) is 8.85. The highest BCUT2D eigenvalue weighted by atomic mass is 35.5. The molecule has 5 nitrogen and oxygen atoms in total. The molecule has 3 aromatic heterocycles. The van der Waals surface area contributed by atoms with Crippen LogP contribution >= 0.6 is 34.3 Å². The molecule has 0 unspecified atom stereocenters. The van der Waals surface area contributed by atoms with Crippen LogP contribution in [0.4, 0.5) is 0 Å². The van der Waals surface area contributed by atoms with E-state index in [1.807, 2.05) is 12.1 Å². The van der Waals surface area contributed by atoms with Crippen LogP contribution in [0.25, 0.3) is 26.2 Å². The normalized spacial score (nSPS) is 11.3. The molecule has 0 saturated carbocycles. The third-order valence-corrected chi connectivity index (χ3v) is 5.75. The Morgan fingerprint density at radius 2 is 2.09 bits per heavy atom. The second kappa shape index (κ2) is 5.59. The molecule has 0 fully saturated rings. The van der Waals surface area contributed by atoms with E-state index in [9.17, 15) is 0 Å². The van der Waals surface area contributed by atoms with E-state index in [1.54, 1.807) is 29.0 Å². The van der Waals surface area contributed by atoms with Crippen molar-refractivity contribution in [3.8, 4) is 27.0 Å². The number of benzene rings is 1. The second-order valence-electron chi connectivity index (χ2n) is 4.90. The van der Waals surface area contributed by atoms with Crippen molar-refractivity contribution in [1.82, 2.24) is 19.8 Å². The number of hydrogen-bond acceptors (Lipinski definition) is 6. The molecular formula is C15H11ClN4OS2. The SMILES string of the molecule is COc1ccc(Cl)cc1-c1nnc2sc(-c3sccc3C)nn12. The fourth-order valence-electron chi connectivity index (χ4n) is 2.32. The standard InChI is InChI=1S/C15H11ClN4OS2/c1-8-5-6-22-12(8)14-19-20-13(17-18-15(20)23-14)10-7-9(16)3-4-11(10)21-2/h3-7H,1-2H3. The number of fused-ring (bicyclic) bond motifs is 1. The van der Waals surface area contributed by atoms with Gasteiger partial charge in [0.1, 0.15) is 5.75 Å². The quantitative estimate of drug-likeness (QED) is 0.536. The van der Waals surface area contributed by atoms with Crippen LogP contribution in [0.2, 0.25) is 5.02 Å². The average Bonchev–Trinajstić information content (AvgIpc) is 3.21. The maximum atomic E-state index is 6.12. The summed E-state index contributed by atoms with van der Waals surface area (Å²) in [5, 5.41) is 16.8. The number of hydrogen-bond donors (Lipinski definition) is 0. The van der Waals surface area contributed by atoms with Crippen molar-refractivity contribution >= 4 is 39.2 Å². The van der Waals surface area contributed by atoms with E-state index in [0.717, 1.165) is 20.4 Å². The lowest BCUT2D eigenvalue weighted by Crippen LogP contribution is -1.94. The molecule has 4 rings (SSSR count). The predicted octanol–water partition coefficient (Wildman–Crippen LogP) is 4.55. The zero-order valence-corrected chi connectivity index (χ0v) is 14.7. The molecule has 116 valence electrons. The lowest BCUT2D eigenvalue weighted by Gasteiger charge is -2.06. The van der Waals surface area contributed by atoms with E-state index in [4.69, 9.17) is 16.3 Å². The number of ether oxygens (including phenoxy) is 1. The summed E-state index contributed by atoms with van der Waals surface area (Å²) in [6.45, 7) is 2.08. The zero-order valence-electron chi connectivity index (χ0n) is 12.3. The molecule has 0 amide bonds. The monoisotopic (exact) mass is 362 g/mol. The van der Waals surface area contributed by atoms with Crippen molar-refractivity contribution in [3.63, 3.8) is 0 Å². The Hall–Kier alpha value is -1.96. The van der Waals surface area contributed by atoms with Gasteiger partial charge in [-0.25, -0.2) is 0 Å². The third-order valence-electron chi connectivity index (χ3n) is 3.45. The van der Waals surface area contributed by atoms with Crippen LogP contribution in [0.3, 0.4) is 0 Å². The molecule has 0 aliphatic carbocycles. The van der Waals surface area contributed by atoms with E-state index in [0.29, 0.717) is 16.6 Å². The summed E-state index contributed by atoms with van der Waals surface area (Å²) in [5.74, 6) is 1.31. The van der Waals surface area contributed by atoms with Gasteiger partial charge < -0.3 is 4.74 Å². The van der Waals surface area contributed by atoms with Crippen molar-refractivity contribution < 1.29 is 4.74 Å². The van der Waals surface area contributed by atoms with Crippen LogP contribution in [-0.2, 0) is 0 Å². The molecule has 0 aliphatic heterocycles. The lowest BCUT2D eigenvalue weighted by molar-refractivity contribution is 0.416. The van der Waals surface area contributed by atoms with Gasteiger partial charge in [-0.05, 0) is 42.1 Å². The smallest absolute Gasteiger partial charge is 0.235 e. The van der Waals surface area contributed by atoms with E-state index in [1.165, 1.54) is 16.9 Å². The van der Waals surface area contributed by atoms with Crippen LogP contribution in [0, 0.1) is 6.92 Å². The Balaban J connectivity index is 1.91. The molecule has 0 bridgehead atoms. The molecule has 1 aromatic carbocycles. The van der Waals surface area contributed by atoms with Gasteiger partial charge in [0.15, 0.2) is 10.8 Å². The number of aryl methyl sites for hydroxylation is 1. The molecule has 3 heterocycles. The molecular weight excluding hydrogens is 352 g/mol. The molecule has 23 heavy (non-hydrogen) atoms. The fraction of sp³-hybridized carbons (Fsp3) is 0.133. The highest BCUT2D eigenvalue weighted by Gasteiger charge is 2.18. The first kappa shape index (κ1) is 14.6. The second-order valence-corrected chi connectivity index (χ2v) is 7.21. The minimum atomic E-state index is 0.613. The average molecular weight is 363 g/mol. The number of nitrogens with zero attached hydrogens (tertiary/aromatic N) is 4. The summed E-state index contributed by atoms with van der Waals surface area (Å²) in [6, 6.07) is 7.49. The van der Waals surface area contributed by atoms with Crippen molar-refractivity contribution in [2.45, 2.75) is 6.92 Å². The Morgan fingerprint density at radius 3 is 2.83 bits per heavy atom. The maximum Gasteiger partial charge on any atom is 0.235 e. The van der Waals surface area contributed by atoms with Gasteiger partial charge in [0.25, 0.3) is 0 Å². The number of thiophene rings is 1. The Labute approximate surface area is 145 Å². The predicted molar refractivity (Wildman–Crippen MR) is 93.7 cm³/mol. The Bertz CT molecular complexity index is 1000. The maximum absolute atomic E-state index is 6.12. The number of rotatable bonds is 3. The molecule has 0 saturated heterocycles. The van der Waals surface area contributed by atoms with Gasteiger partial charge in [-0.15, -0.1) is 21.5 Å². The van der Waals surface area contributed by atoms with E-state index in [-0.39, 0.29) is 0 Å². The minimum absolute atomic E-state index is 0.613. The first-order valence-electron chi connectivity index (χ1n) is 6.78. The molecule has 8 heteroatoms. The van der Waals surface area contributed by atoms with Crippen molar-refractivity contribution in [2.24, 2.45) is 0 Å². The van der Waals surface area contributed by atoms with E-state index in [2.05, 4.69) is 33.7 Å². The van der Waals surface area contributed by atoms with Crippen LogP contribution in [0.5, 0.6) is 5.75 Å². The molecule has 0 radical (unpaired) electrons. The van der Waals surface area contributed by atoms with Gasteiger partial charge in [-0.1, -0.05) is 22.9 Å². The summed E-state index contributed by atoms with van der Waals surface area (Å²) in [5.41, 5.74) is 1.98. The molecule has 0 aliphatic rings. The van der Waals surface area contributed by atoms with Gasteiger partial charge in [0.2, 0.25) is 4.96 Å². The van der Waals surface area contributed by atoms with Gasteiger partial charge >= 0.3 is 0 Å². The van der Waals surface area contributed by atoms with Gasteiger partial charge in [0, 0.05) is 5.02 Å². The minimum Gasteiger partial charge on any atom is -0.496 e. The molecule has 0 atom stereocenters. The first-order chi connectivity index (χ1) is 11.2. The Kier molecular flexibility index (Phi) is 3.56. The van der Waals surface area contributed by atoms with Gasteiger partial charge in [-0.3, -0.25) is 0 Å². The van der Waals surface area contributed by atoms with Gasteiger partial charge in [-0.2, -0.15) is 9.61 Å². The van der Waals surface area contributed by atoms with Crippen LogP contribution in [0.1, 0.15) is 5.56 Å². The topological polar surface area (TPSA) is 52.3 Å². The highest BCUT2D eigenvalue weighted by molar-refractivity contribution is 7.24. The van der Waals surface area contributed by atoms with Crippen LogP contribution in [-0.4, -0.2) is 26.9 Å². The van der Waals surface area contributed by atoms with E-state index < -0.39 is 0 Å². The highest BCUT2D eigenvalue weighted by Crippen LogP contribution is 2.36. The largest absolute Gasteiger partial charge is 0.496 e. The zero-order chi connectivity index (χ0) is 16.0. The van der Waals surface area contributed by atoms with Crippen LogP contribution < -0.4 is 4.74 Å². The van der Waals surface area contributed by atoms with Crippen molar-refractivity contribution in [2.75, 3.05) is 7.11 Å². The van der Waals surface area contributed by atoms with E-state index >= 15 is 0 Å². The summed E-state index contributed by atoms with van der Waals surface area (Å²) >= 11 is 9.31. The number of halogens is 1. The molecule has 0 spiro atoms. The van der Waals surface area contributed by atoms with Crippen LogP contribution in [0.15, 0.2) is 29.6 Å². The summed E-state index contributed by atoms with van der Waals surface area (Å²) < 4.78 is 7.15. The Morgan fingerprint density at radius 1 is 1.22 bits per heavy atom. The number of methoxy groups -OCH3 is 1. The summed E-state index contributed by atoms with van der Waals surface area (Å²) in [4.78, 5) is 1.90. The van der Waals surface area contributed by atoms with Crippen molar-refractivity contribution in [1.29, 1.82) is 0 Å². The van der Waals surface area contributed by atoms with Gasteiger partial charge in [0.05, 0.1) is 17.6 Å². The fourth-order valence-corrected chi connectivity index (χ4v) is 4.41. The van der Waals surface area contributed by atoms with Crippen molar-refractivity contribution in [3.05, 3.63) is 40.2 Å².